The largest absolute Gasteiger partial charge is 0.469 e. The molecule has 0 spiro atoms. The van der Waals surface area contributed by atoms with Crippen molar-refractivity contribution in [2.24, 2.45) is 5.92 Å². The molecule has 1 amide bonds. The minimum atomic E-state index is -0.200. The van der Waals surface area contributed by atoms with Crippen LogP contribution in [0.25, 0.3) is 10.8 Å². The maximum absolute atomic E-state index is 13.5. The Kier molecular flexibility index (Phi) is 9.63. The Balaban J connectivity index is 2.06. The molecule has 0 atom stereocenters. The number of thioether (sulfide) groups is 1. The molecule has 0 saturated carbocycles. The normalized spacial score (nSPS) is 11.2. The van der Waals surface area contributed by atoms with Crippen molar-refractivity contribution >= 4 is 50.7 Å². The predicted octanol–water partition coefficient (Wildman–Crippen LogP) is 6.33. The number of fused-ring (bicyclic) bond motifs is 1. The van der Waals surface area contributed by atoms with E-state index in [4.69, 9.17) is 4.74 Å². The van der Waals surface area contributed by atoms with E-state index in [0.717, 1.165) is 34.2 Å². The van der Waals surface area contributed by atoms with E-state index in [1.807, 2.05) is 14.1 Å². The number of ether oxygens (including phenoxy) is 1. The molecular weight excluding hydrogens is 476 g/mol. The molecule has 0 unspecified atom stereocenters. The number of carbonyl (C=O) groups excluding carboxylic acids is 2. The molecular formula is C28H36N2O3S2. The van der Waals surface area contributed by atoms with E-state index in [1.54, 1.807) is 28.0 Å². The van der Waals surface area contributed by atoms with Gasteiger partial charge in [0.1, 0.15) is 5.00 Å². The van der Waals surface area contributed by atoms with Gasteiger partial charge in [-0.3, -0.25) is 9.59 Å². The average Bonchev–Trinajstić information content (AvgIpc) is 3.18. The molecule has 0 fully saturated rings. The first-order chi connectivity index (χ1) is 16.7. The standard InChI is InChI=1S/C28H36N2O3S2/c1-19(2)18-30(5)28-25(27(32)29(3)4)26(34-16-10-15-24(31)33-6)23(35-28)17-21-13-9-12-20-11-7-8-14-22(20)21/h7-9,11-14,19H,10,15-18H2,1-6H3. The van der Waals surface area contributed by atoms with E-state index in [9.17, 15) is 9.59 Å². The first-order valence-corrected chi connectivity index (χ1v) is 13.8. The third-order valence-electron chi connectivity index (χ3n) is 5.75. The second-order valence-electron chi connectivity index (χ2n) is 9.35. The number of rotatable bonds is 11. The number of nitrogens with zero attached hydrogens (tertiary/aromatic N) is 2. The molecule has 0 bridgehead atoms. The highest BCUT2D eigenvalue weighted by Crippen LogP contribution is 2.44. The summed E-state index contributed by atoms with van der Waals surface area (Å²) < 4.78 is 4.80. The molecule has 0 radical (unpaired) electrons. The number of hydrogen-bond acceptors (Lipinski definition) is 6. The number of methoxy groups -OCH3 is 1. The number of anilines is 1. The summed E-state index contributed by atoms with van der Waals surface area (Å²) in [6.07, 6.45) is 1.84. The number of thiophene rings is 1. The van der Waals surface area contributed by atoms with Gasteiger partial charge in [-0.15, -0.1) is 23.1 Å². The topological polar surface area (TPSA) is 49.9 Å². The number of carbonyl (C=O) groups is 2. The SMILES string of the molecule is COC(=O)CCCSc1c(Cc2cccc3ccccc23)sc(N(C)CC(C)C)c1C(=O)N(C)C. The van der Waals surface area contributed by atoms with E-state index >= 15 is 0 Å². The van der Waals surface area contributed by atoms with Crippen molar-refractivity contribution in [3.63, 3.8) is 0 Å². The molecule has 0 N–H and O–H groups in total. The number of amides is 1. The van der Waals surface area contributed by atoms with Gasteiger partial charge in [0, 0.05) is 50.3 Å². The minimum absolute atomic E-state index is 0.0199. The van der Waals surface area contributed by atoms with Crippen LogP contribution < -0.4 is 4.90 Å². The van der Waals surface area contributed by atoms with Gasteiger partial charge < -0.3 is 14.5 Å². The molecule has 2 aromatic carbocycles. The quantitative estimate of drug-likeness (QED) is 0.171. The van der Waals surface area contributed by atoms with Crippen LogP contribution in [0.1, 0.15) is 47.5 Å². The van der Waals surface area contributed by atoms with Crippen LogP contribution in [0.3, 0.4) is 0 Å². The lowest BCUT2D eigenvalue weighted by Gasteiger charge is -2.22. The van der Waals surface area contributed by atoms with Gasteiger partial charge in [-0.25, -0.2) is 0 Å². The fourth-order valence-electron chi connectivity index (χ4n) is 4.14. The fourth-order valence-corrected chi connectivity index (χ4v) is 6.74. The summed E-state index contributed by atoms with van der Waals surface area (Å²) in [5, 5.41) is 3.47. The lowest BCUT2D eigenvalue weighted by molar-refractivity contribution is -0.140. The Morgan fingerprint density at radius 3 is 2.46 bits per heavy atom. The van der Waals surface area contributed by atoms with Crippen LogP contribution in [0.2, 0.25) is 0 Å². The first-order valence-electron chi connectivity index (χ1n) is 12.0. The Morgan fingerprint density at radius 2 is 1.77 bits per heavy atom. The highest BCUT2D eigenvalue weighted by Gasteiger charge is 2.28. The number of benzene rings is 2. The second kappa shape index (κ2) is 12.5. The van der Waals surface area contributed by atoms with Crippen LogP contribution >= 0.6 is 23.1 Å². The molecule has 5 nitrogen and oxygen atoms in total. The second-order valence-corrected chi connectivity index (χ2v) is 11.5. The third kappa shape index (κ3) is 6.79. The van der Waals surface area contributed by atoms with Crippen LogP contribution in [0.15, 0.2) is 47.4 Å². The van der Waals surface area contributed by atoms with E-state index in [0.29, 0.717) is 18.8 Å². The summed E-state index contributed by atoms with van der Waals surface area (Å²) in [6.45, 7) is 5.25. The Hall–Kier alpha value is -2.51. The summed E-state index contributed by atoms with van der Waals surface area (Å²) >= 11 is 3.40. The Morgan fingerprint density at radius 1 is 1.06 bits per heavy atom. The van der Waals surface area contributed by atoms with Crippen molar-refractivity contribution in [1.29, 1.82) is 0 Å². The van der Waals surface area contributed by atoms with Crippen molar-refractivity contribution in [2.75, 3.05) is 45.5 Å². The number of esters is 1. The molecule has 3 aromatic rings. The van der Waals surface area contributed by atoms with E-state index in [-0.39, 0.29) is 11.9 Å². The monoisotopic (exact) mass is 512 g/mol. The van der Waals surface area contributed by atoms with Crippen LogP contribution in [-0.2, 0) is 16.0 Å². The van der Waals surface area contributed by atoms with Crippen LogP contribution in [0.4, 0.5) is 5.00 Å². The molecule has 188 valence electrons. The van der Waals surface area contributed by atoms with Crippen molar-refractivity contribution < 1.29 is 14.3 Å². The maximum atomic E-state index is 13.5. The third-order valence-corrected chi connectivity index (χ3v) is 8.42. The van der Waals surface area contributed by atoms with Crippen molar-refractivity contribution in [3.8, 4) is 0 Å². The van der Waals surface area contributed by atoms with Crippen molar-refractivity contribution in [1.82, 2.24) is 4.90 Å². The average molecular weight is 513 g/mol. The lowest BCUT2D eigenvalue weighted by atomic mass is 10.0. The molecule has 35 heavy (non-hydrogen) atoms. The van der Waals surface area contributed by atoms with E-state index in [1.165, 1.54) is 28.3 Å². The molecule has 0 aliphatic carbocycles. The first kappa shape index (κ1) is 27.1. The van der Waals surface area contributed by atoms with Gasteiger partial charge in [0.05, 0.1) is 12.7 Å². The van der Waals surface area contributed by atoms with Gasteiger partial charge in [-0.2, -0.15) is 0 Å². The van der Waals surface area contributed by atoms with E-state index in [2.05, 4.69) is 68.3 Å². The minimum Gasteiger partial charge on any atom is -0.469 e. The molecule has 0 saturated heterocycles. The zero-order chi connectivity index (χ0) is 25.5. The maximum Gasteiger partial charge on any atom is 0.305 e. The lowest BCUT2D eigenvalue weighted by Crippen LogP contribution is -2.27. The number of hydrogen-bond donors (Lipinski definition) is 0. The zero-order valence-electron chi connectivity index (χ0n) is 21.6. The highest BCUT2D eigenvalue weighted by atomic mass is 32.2. The zero-order valence-corrected chi connectivity index (χ0v) is 23.2. The molecule has 1 heterocycles. The summed E-state index contributed by atoms with van der Waals surface area (Å²) in [4.78, 5) is 31.2. The highest BCUT2D eigenvalue weighted by molar-refractivity contribution is 7.99. The summed E-state index contributed by atoms with van der Waals surface area (Å²) in [5.74, 6) is 1.04. The van der Waals surface area contributed by atoms with Gasteiger partial charge in [-0.1, -0.05) is 56.3 Å². The predicted molar refractivity (Wildman–Crippen MR) is 149 cm³/mol. The Labute approximate surface area is 217 Å². The van der Waals surface area contributed by atoms with Gasteiger partial charge in [-0.05, 0) is 34.4 Å². The van der Waals surface area contributed by atoms with Gasteiger partial charge in [0.15, 0.2) is 0 Å². The Bertz CT molecular complexity index is 1160. The molecule has 0 aliphatic heterocycles. The molecule has 3 rings (SSSR count). The summed E-state index contributed by atoms with van der Waals surface area (Å²) in [7, 11) is 7.11. The smallest absolute Gasteiger partial charge is 0.305 e. The van der Waals surface area contributed by atoms with Crippen LogP contribution in [0, 0.1) is 5.92 Å². The molecule has 7 heteroatoms. The van der Waals surface area contributed by atoms with Crippen LogP contribution in [0.5, 0.6) is 0 Å². The van der Waals surface area contributed by atoms with Gasteiger partial charge in [0.2, 0.25) is 0 Å². The van der Waals surface area contributed by atoms with Crippen molar-refractivity contribution in [3.05, 3.63) is 58.5 Å². The van der Waals surface area contributed by atoms with Gasteiger partial charge in [0.25, 0.3) is 5.91 Å². The van der Waals surface area contributed by atoms with E-state index < -0.39 is 0 Å². The summed E-state index contributed by atoms with van der Waals surface area (Å²) in [6, 6.07) is 14.9. The molecule has 1 aromatic heterocycles. The van der Waals surface area contributed by atoms with Crippen LogP contribution in [-0.4, -0.2) is 57.3 Å². The van der Waals surface area contributed by atoms with Gasteiger partial charge >= 0.3 is 5.97 Å². The fraction of sp³-hybridized carbons (Fsp3) is 0.429. The summed E-state index contributed by atoms with van der Waals surface area (Å²) in [5.41, 5.74) is 2.03. The van der Waals surface area contributed by atoms with Crippen molar-refractivity contribution in [2.45, 2.75) is 38.0 Å². The molecule has 0 aliphatic rings.